The van der Waals surface area contributed by atoms with Gasteiger partial charge in [0.2, 0.25) is 0 Å². The summed E-state index contributed by atoms with van der Waals surface area (Å²) in [6.07, 6.45) is 3.18. The van der Waals surface area contributed by atoms with Gasteiger partial charge in [0, 0.05) is 23.4 Å². The Morgan fingerprint density at radius 3 is 2.67 bits per heavy atom. The lowest BCUT2D eigenvalue weighted by Crippen LogP contribution is -2.05. The minimum Gasteiger partial charge on any atom is -0.508 e. The molecule has 18 heavy (non-hydrogen) atoms. The van der Waals surface area contributed by atoms with E-state index < -0.39 is 5.82 Å². The van der Waals surface area contributed by atoms with E-state index in [2.05, 4.69) is 4.98 Å². The molecule has 3 nitrogen and oxygen atoms in total. The molecular weight excluding hydrogens is 233 g/mol. The average molecular weight is 247 g/mol. The summed E-state index contributed by atoms with van der Waals surface area (Å²) in [6, 6.07) is 5.75. The maximum absolute atomic E-state index is 13.7. The van der Waals surface area contributed by atoms with Crippen LogP contribution in [-0.4, -0.2) is 16.2 Å². The van der Waals surface area contributed by atoms with Crippen LogP contribution in [0.5, 0.6) is 11.5 Å². The Morgan fingerprint density at radius 1 is 1.22 bits per heavy atom. The van der Waals surface area contributed by atoms with Crippen molar-refractivity contribution in [3.05, 3.63) is 42.5 Å². The number of aromatic hydroxyl groups is 1. The first-order valence-electron chi connectivity index (χ1n) is 5.67. The SMILES string of the molecule is CC(C)Oc1cncc(-c2ccc(O)cc2F)c1. The van der Waals surface area contributed by atoms with Gasteiger partial charge >= 0.3 is 0 Å². The van der Waals surface area contributed by atoms with Crippen molar-refractivity contribution >= 4 is 0 Å². The van der Waals surface area contributed by atoms with Crippen molar-refractivity contribution in [3.63, 3.8) is 0 Å². The van der Waals surface area contributed by atoms with Crippen LogP contribution in [0, 0.1) is 5.82 Å². The lowest BCUT2D eigenvalue weighted by Gasteiger charge is -2.10. The molecule has 4 heteroatoms. The van der Waals surface area contributed by atoms with E-state index in [9.17, 15) is 9.50 Å². The number of hydrogen-bond acceptors (Lipinski definition) is 3. The molecule has 94 valence electrons. The van der Waals surface area contributed by atoms with Gasteiger partial charge in [0.1, 0.15) is 17.3 Å². The number of aromatic nitrogens is 1. The van der Waals surface area contributed by atoms with E-state index in [1.54, 1.807) is 18.5 Å². The van der Waals surface area contributed by atoms with Crippen molar-refractivity contribution < 1.29 is 14.2 Å². The zero-order valence-corrected chi connectivity index (χ0v) is 10.2. The number of phenols is 1. The van der Waals surface area contributed by atoms with Gasteiger partial charge in [-0.05, 0) is 32.0 Å². The van der Waals surface area contributed by atoms with E-state index in [4.69, 9.17) is 4.74 Å². The van der Waals surface area contributed by atoms with Gasteiger partial charge < -0.3 is 9.84 Å². The highest BCUT2D eigenvalue weighted by Crippen LogP contribution is 2.27. The van der Waals surface area contributed by atoms with E-state index in [-0.39, 0.29) is 11.9 Å². The van der Waals surface area contributed by atoms with Crippen molar-refractivity contribution in [1.29, 1.82) is 0 Å². The van der Waals surface area contributed by atoms with Gasteiger partial charge in [-0.2, -0.15) is 0 Å². The summed E-state index contributed by atoms with van der Waals surface area (Å²) >= 11 is 0. The van der Waals surface area contributed by atoms with Crippen LogP contribution >= 0.6 is 0 Å². The van der Waals surface area contributed by atoms with Gasteiger partial charge in [-0.15, -0.1) is 0 Å². The smallest absolute Gasteiger partial charge is 0.138 e. The molecule has 0 saturated heterocycles. The molecule has 0 radical (unpaired) electrons. The molecule has 0 atom stereocenters. The van der Waals surface area contributed by atoms with Crippen LogP contribution in [0.1, 0.15) is 13.8 Å². The molecular formula is C14H14FNO2. The second-order valence-corrected chi connectivity index (χ2v) is 4.24. The molecule has 2 aromatic rings. The summed E-state index contributed by atoms with van der Waals surface area (Å²) in [6.45, 7) is 3.82. The van der Waals surface area contributed by atoms with E-state index in [1.807, 2.05) is 13.8 Å². The van der Waals surface area contributed by atoms with Gasteiger partial charge in [0.25, 0.3) is 0 Å². The topological polar surface area (TPSA) is 42.4 Å². The first-order valence-corrected chi connectivity index (χ1v) is 5.67. The summed E-state index contributed by atoms with van der Waals surface area (Å²) in [5, 5.41) is 9.18. The average Bonchev–Trinajstić information content (AvgIpc) is 2.28. The molecule has 0 saturated carbocycles. The number of nitrogens with zero attached hydrogens (tertiary/aromatic N) is 1. The summed E-state index contributed by atoms with van der Waals surface area (Å²) < 4.78 is 19.2. The molecule has 0 aliphatic carbocycles. The van der Waals surface area contributed by atoms with Crippen molar-refractivity contribution in [1.82, 2.24) is 4.98 Å². The van der Waals surface area contributed by atoms with Gasteiger partial charge in [-0.3, -0.25) is 4.98 Å². The molecule has 1 aromatic heterocycles. The maximum Gasteiger partial charge on any atom is 0.138 e. The number of phenolic OH excluding ortho intramolecular Hbond substituents is 1. The number of pyridine rings is 1. The Hall–Kier alpha value is -2.10. The van der Waals surface area contributed by atoms with Crippen LogP contribution in [0.25, 0.3) is 11.1 Å². The monoisotopic (exact) mass is 247 g/mol. The molecule has 0 amide bonds. The summed E-state index contributed by atoms with van der Waals surface area (Å²) in [5.74, 6) is 0.00673. The molecule has 0 fully saturated rings. The molecule has 0 aliphatic heterocycles. The summed E-state index contributed by atoms with van der Waals surface area (Å²) in [4.78, 5) is 4.02. The highest BCUT2D eigenvalue weighted by atomic mass is 19.1. The quantitative estimate of drug-likeness (QED) is 0.904. The third-order valence-electron chi connectivity index (χ3n) is 2.35. The van der Waals surface area contributed by atoms with Crippen LogP contribution in [-0.2, 0) is 0 Å². The van der Waals surface area contributed by atoms with Crippen LogP contribution in [0.3, 0.4) is 0 Å². The van der Waals surface area contributed by atoms with Crippen molar-refractivity contribution in [2.24, 2.45) is 0 Å². The highest BCUT2D eigenvalue weighted by Gasteiger charge is 2.08. The zero-order chi connectivity index (χ0) is 13.1. The van der Waals surface area contributed by atoms with Crippen LogP contribution < -0.4 is 4.74 Å². The molecule has 0 bridgehead atoms. The minimum atomic E-state index is -0.488. The van der Waals surface area contributed by atoms with Crippen LogP contribution in [0.2, 0.25) is 0 Å². The Kier molecular flexibility index (Phi) is 3.46. The molecule has 0 unspecified atom stereocenters. The molecule has 1 N–H and O–H groups in total. The predicted molar refractivity (Wildman–Crippen MR) is 67.1 cm³/mol. The van der Waals surface area contributed by atoms with Gasteiger partial charge in [-0.1, -0.05) is 0 Å². The minimum absolute atomic E-state index is 0.0340. The first-order chi connectivity index (χ1) is 8.56. The fourth-order valence-electron chi connectivity index (χ4n) is 1.64. The Balaban J connectivity index is 2.38. The van der Waals surface area contributed by atoms with Crippen molar-refractivity contribution in [2.75, 3.05) is 0 Å². The number of benzene rings is 1. The highest BCUT2D eigenvalue weighted by molar-refractivity contribution is 5.65. The lowest BCUT2D eigenvalue weighted by atomic mass is 10.1. The zero-order valence-electron chi connectivity index (χ0n) is 10.2. The molecule has 1 heterocycles. The molecule has 1 aromatic carbocycles. The summed E-state index contributed by atoms with van der Waals surface area (Å²) in [7, 11) is 0. The summed E-state index contributed by atoms with van der Waals surface area (Å²) in [5.41, 5.74) is 1.00. The Bertz CT molecular complexity index is 555. The standard InChI is InChI=1S/C14H14FNO2/c1-9(2)18-12-5-10(7-16-8-12)13-4-3-11(17)6-14(13)15/h3-9,17H,1-2H3. The number of halogens is 1. The van der Waals surface area contributed by atoms with Gasteiger partial charge in [0.15, 0.2) is 0 Å². The molecule has 0 spiro atoms. The Morgan fingerprint density at radius 2 is 2.00 bits per heavy atom. The normalized spacial score (nSPS) is 10.7. The van der Waals surface area contributed by atoms with E-state index in [0.29, 0.717) is 16.9 Å². The fourth-order valence-corrected chi connectivity index (χ4v) is 1.64. The second kappa shape index (κ2) is 5.04. The third kappa shape index (κ3) is 2.77. The number of hydrogen-bond donors (Lipinski definition) is 1. The van der Waals surface area contributed by atoms with E-state index in [1.165, 1.54) is 12.1 Å². The Labute approximate surface area is 105 Å². The van der Waals surface area contributed by atoms with E-state index in [0.717, 1.165) is 6.07 Å². The third-order valence-corrected chi connectivity index (χ3v) is 2.35. The van der Waals surface area contributed by atoms with Crippen LogP contribution in [0.4, 0.5) is 4.39 Å². The number of rotatable bonds is 3. The fraction of sp³-hybridized carbons (Fsp3) is 0.214. The predicted octanol–water partition coefficient (Wildman–Crippen LogP) is 3.38. The largest absolute Gasteiger partial charge is 0.508 e. The van der Waals surface area contributed by atoms with Crippen molar-refractivity contribution in [2.45, 2.75) is 20.0 Å². The van der Waals surface area contributed by atoms with Crippen molar-refractivity contribution in [3.8, 4) is 22.6 Å². The lowest BCUT2D eigenvalue weighted by molar-refractivity contribution is 0.241. The van der Waals surface area contributed by atoms with Crippen LogP contribution in [0.15, 0.2) is 36.7 Å². The van der Waals surface area contributed by atoms with Gasteiger partial charge in [-0.25, -0.2) is 4.39 Å². The second-order valence-electron chi connectivity index (χ2n) is 4.24. The maximum atomic E-state index is 13.7. The number of ether oxygens (including phenoxy) is 1. The molecule has 2 rings (SSSR count). The molecule has 0 aliphatic rings. The first kappa shape index (κ1) is 12.4. The van der Waals surface area contributed by atoms with E-state index >= 15 is 0 Å². The van der Waals surface area contributed by atoms with Gasteiger partial charge in [0.05, 0.1) is 12.3 Å².